The summed E-state index contributed by atoms with van der Waals surface area (Å²) in [5, 5.41) is 3.28. The number of aliphatic imine (C=N–C) groups is 1. The second-order valence-electron chi connectivity index (χ2n) is 6.81. The molecule has 11 heteroatoms. The van der Waals surface area contributed by atoms with Crippen molar-refractivity contribution >= 4 is 40.1 Å². The molecule has 2 heterocycles. The third kappa shape index (κ3) is 4.18. The van der Waals surface area contributed by atoms with Crippen LogP contribution in [0.15, 0.2) is 59.4 Å². The van der Waals surface area contributed by atoms with Crippen LogP contribution in [0.5, 0.6) is 0 Å². The highest BCUT2D eigenvalue weighted by molar-refractivity contribution is 6.13. The molecule has 0 saturated heterocycles. The number of nitrogens with one attached hydrogen (secondary N) is 1. The summed E-state index contributed by atoms with van der Waals surface area (Å²) in [6.45, 7) is 0. The first-order valence-corrected chi connectivity index (χ1v) is 9.10. The number of carbonyl (C=O) groups is 1. The van der Waals surface area contributed by atoms with Crippen LogP contribution in [0.1, 0.15) is 17.5 Å². The van der Waals surface area contributed by atoms with Crippen LogP contribution in [0, 0.1) is 0 Å². The quantitative estimate of drug-likeness (QED) is 0.519. The summed E-state index contributed by atoms with van der Waals surface area (Å²) < 4.78 is 78.4. The minimum atomic E-state index is -4.86. The van der Waals surface area contributed by atoms with Crippen LogP contribution in [-0.2, 0) is 11.0 Å². The highest BCUT2D eigenvalue weighted by Crippen LogP contribution is 2.37. The lowest BCUT2D eigenvalue weighted by Gasteiger charge is -2.17. The van der Waals surface area contributed by atoms with Gasteiger partial charge in [0, 0.05) is 29.3 Å². The zero-order valence-electron chi connectivity index (χ0n) is 15.9. The van der Waals surface area contributed by atoms with Gasteiger partial charge in [0.25, 0.3) is 0 Å². The molecule has 0 radical (unpaired) electrons. The first kappa shape index (κ1) is 21.5. The molecule has 4 rings (SSSR count). The van der Waals surface area contributed by atoms with Crippen molar-refractivity contribution < 1.29 is 31.1 Å². The third-order valence-electron chi connectivity index (χ3n) is 4.68. The molecule has 3 aromatic rings. The van der Waals surface area contributed by atoms with E-state index in [4.69, 9.17) is 0 Å². The van der Waals surface area contributed by atoms with E-state index in [2.05, 4.69) is 20.3 Å². The number of rotatable bonds is 3. The molecule has 164 valence electrons. The molecule has 2 aromatic carbocycles. The van der Waals surface area contributed by atoms with Crippen LogP contribution in [0.2, 0.25) is 0 Å². The SMILES string of the molecule is O=C1CC=NC(c2ccc3c(Nc4ccc(C(F)(F)F)cc4)ncnc3c2)=C1C(F)(F)F. The Labute approximate surface area is 176 Å². The fourth-order valence-electron chi connectivity index (χ4n) is 3.21. The molecule has 0 atom stereocenters. The zero-order chi connectivity index (χ0) is 23.1. The van der Waals surface area contributed by atoms with Crippen molar-refractivity contribution in [3.63, 3.8) is 0 Å². The van der Waals surface area contributed by atoms with E-state index in [0.29, 0.717) is 11.1 Å². The number of nitrogens with zero attached hydrogens (tertiary/aromatic N) is 3. The number of allylic oxidation sites excluding steroid dienone is 1. The fraction of sp³-hybridized carbons (Fsp3) is 0.143. The predicted molar refractivity (Wildman–Crippen MR) is 105 cm³/mol. The van der Waals surface area contributed by atoms with Gasteiger partial charge in [-0.3, -0.25) is 9.79 Å². The maximum Gasteiger partial charge on any atom is 0.421 e. The van der Waals surface area contributed by atoms with Gasteiger partial charge in [0.15, 0.2) is 5.78 Å². The van der Waals surface area contributed by atoms with Crippen LogP contribution in [0.3, 0.4) is 0 Å². The molecule has 1 aromatic heterocycles. The van der Waals surface area contributed by atoms with Gasteiger partial charge in [0.1, 0.15) is 17.7 Å². The Bertz CT molecular complexity index is 1260. The number of anilines is 2. The number of benzene rings is 2. The predicted octanol–water partition coefficient (Wildman–Crippen LogP) is 5.71. The lowest BCUT2D eigenvalue weighted by atomic mass is 9.98. The highest BCUT2D eigenvalue weighted by atomic mass is 19.4. The maximum absolute atomic E-state index is 13.4. The molecule has 0 spiro atoms. The van der Waals surface area contributed by atoms with Gasteiger partial charge in [-0.2, -0.15) is 26.3 Å². The van der Waals surface area contributed by atoms with E-state index in [1.165, 1.54) is 30.3 Å². The number of Topliss-reactive ketones (excluding diaryl/α,β-unsaturated/α-hetero) is 1. The van der Waals surface area contributed by atoms with E-state index in [-0.39, 0.29) is 16.9 Å². The maximum atomic E-state index is 13.4. The summed E-state index contributed by atoms with van der Waals surface area (Å²) in [5.41, 5.74) is -1.99. The van der Waals surface area contributed by atoms with Crippen molar-refractivity contribution in [2.75, 3.05) is 5.32 Å². The van der Waals surface area contributed by atoms with E-state index in [0.717, 1.165) is 24.7 Å². The van der Waals surface area contributed by atoms with Gasteiger partial charge in [0.2, 0.25) is 0 Å². The lowest BCUT2D eigenvalue weighted by molar-refractivity contribution is -0.137. The number of halogens is 6. The Morgan fingerprint density at radius 2 is 1.59 bits per heavy atom. The van der Waals surface area contributed by atoms with Crippen molar-refractivity contribution in [2.24, 2.45) is 4.99 Å². The fourth-order valence-corrected chi connectivity index (χ4v) is 3.21. The Balaban J connectivity index is 1.72. The number of fused-ring (bicyclic) bond motifs is 1. The van der Waals surface area contributed by atoms with Crippen molar-refractivity contribution in [3.8, 4) is 0 Å². The Morgan fingerprint density at radius 3 is 2.25 bits per heavy atom. The Kier molecular flexibility index (Phi) is 5.19. The van der Waals surface area contributed by atoms with E-state index >= 15 is 0 Å². The number of aromatic nitrogens is 2. The zero-order valence-corrected chi connectivity index (χ0v) is 15.9. The van der Waals surface area contributed by atoms with Crippen molar-refractivity contribution in [1.29, 1.82) is 0 Å². The van der Waals surface area contributed by atoms with Crippen LogP contribution in [-0.4, -0.2) is 28.1 Å². The lowest BCUT2D eigenvalue weighted by Crippen LogP contribution is -2.24. The molecule has 1 aliphatic heterocycles. The number of alkyl halides is 6. The minimum absolute atomic E-state index is 0.0494. The van der Waals surface area contributed by atoms with Crippen molar-refractivity contribution in [3.05, 3.63) is 65.5 Å². The van der Waals surface area contributed by atoms with Crippen molar-refractivity contribution in [2.45, 2.75) is 18.8 Å². The standard InChI is InChI=1S/C21H12F6N4O/c22-20(23,24)12-2-4-13(5-3-12)31-19-14-6-1-11(9-15(14)29-10-30-19)18-17(21(25,26)27)16(32)7-8-28-18/h1-6,8-10H,7H2,(H,29,30,31). The van der Waals surface area contributed by atoms with Gasteiger partial charge >= 0.3 is 12.4 Å². The topological polar surface area (TPSA) is 67.2 Å². The largest absolute Gasteiger partial charge is 0.421 e. The molecule has 1 aliphatic rings. The number of carbonyl (C=O) groups excluding carboxylic acids is 1. The summed E-state index contributed by atoms with van der Waals surface area (Å²) >= 11 is 0. The molecule has 0 amide bonds. The summed E-state index contributed by atoms with van der Waals surface area (Å²) in [6, 6.07) is 8.42. The third-order valence-corrected chi connectivity index (χ3v) is 4.68. The molecule has 0 bridgehead atoms. The van der Waals surface area contributed by atoms with Crippen LogP contribution in [0.4, 0.5) is 37.8 Å². The molecule has 0 saturated carbocycles. The summed E-state index contributed by atoms with van der Waals surface area (Å²) in [6.07, 6.45) is -7.49. The van der Waals surface area contributed by atoms with Gasteiger partial charge in [-0.25, -0.2) is 9.97 Å². The highest BCUT2D eigenvalue weighted by Gasteiger charge is 2.42. The second-order valence-corrected chi connectivity index (χ2v) is 6.81. The summed E-state index contributed by atoms with van der Waals surface area (Å²) in [5.74, 6) is -0.829. The van der Waals surface area contributed by atoms with Crippen LogP contribution in [0.25, 0.3) is 16.6 Å². The number of hydrogen-bond acceptors (Lipinski definition) is 5. The van der Waals surface area contributed by atoms with Gasteiger partial charge in [-0.15, -0.1) is 0 Å². The van der Waals surface area contributed by atoms with Gasteiger partial charge in [0.05, 0.1) is 16.8 Å². The van der Waals surface area contributed by atoms with E-state index < -0.39 is 41.4 Å². The van der Waals surface area contributed by atoms with Gasteiger partial charge in [-0.05, 0) is 36.4 Å². The molecular weight excluding hydrogens is 438 g/mol. The van der Waals surface area contributed by atoms with E-state index in [9.17, 15) is 31.1 Å². The molecule has 0 fully saturated rings. The van der Waals surface area contributed by atoms with E-state index in [1.807, 2.05) is 0 Å². The minimum Gasteiger partial charge on any atom is -0.340 e. The molecule has 5 nitrogen and oxygen atoms in total. The molecular formula is C21H12F6N4O. The summed E-state index contributed by atoms with van der Waals surface area (Å²) in [7, 11) is 0. The average molecular weight is 450 g/mol. The first-order valence-electron chi connectivity index (χ1n) is 9.10. The van der Waals surface area contributed by atoms with Crippen LogP contribution >= 0.6 is 0 Å². The Morgan fingerprint density at radius 1 is 0.875 bits per heavy atom. The number of hydrogen-bond donors (Lipinski definition) is 1. The van der Waals surface area contributed by atoms with Gasteiger partial charge in [-0.1, -0.05) is 6.07 Å². The normalized spacial score (nSPS) is 14.9. The first-order chi connectivity index (χ1) is 15.0. The number of ketones is 1. The van der Waals surface area contributed by atoms with Crippen molar-refractivity contribution in [1.82, 2.24) is 9.97 Å². The smallest absolute Gasteiger partial charge is 0.340 e. The monoisotopic (exact) mass is 450 g/mol. The Hall–Kier alpha value is -3.76. The van der Waals surface area contributed by atoms with E-state index in [1.54, 1.807) is 0 Å². The molecule has 0 aliphatic carbocycles. The van der Waals surface area contributed by atoms with Gasteiger partial charge < -0.3 is 5.32 Å². The molecule has 32 heavy (non-hydrogen) atoms. The molecule has 0 unspecified atom stereocenters. The molecule has 1 N–H and O–H groups in total. The average Bonchev–Trinajstić information content (AvgIpc) is 2.72. The summed E-state index contributed by atoms with van der Waals surface area (Å²) in [4.78, 5) is 23.8. The van der Waals surface area contributed by atoms with Crippen LogP contribution < -0.4 is 5.32 Å². The second kappa shape index (κ2) is 7.74.